The van der Waals surface area contributed by atoms with Crippen LogP contribution in [-0.2, 0) is 6.42 Å². The molecular formula is C10H12FNO2. The van der Waals surface area contributed by atoms with E-state index in [1.165, 1.54) is 12.1 Å². The third-order valence-corrected chi connectivity index (χ3v) is 1.98. The van der Waals surface area contributed by atoms with Gasteiger partial charge in [0, 0.05) is 6.54 Å². The molecule has 0 bridgehead atoms. The molecule has 1 rings (SSSR count). The third-order valence-electron chi connectivity index (χ3n) is 1.98. The average molecular weight is 197 g/mol. The van der Waals surface area contributed by atoms with Gasteiger partial charge >= 0.3 is 6.09 Å². The van der Waals surface area contributed by atoms with Crippen molar-refractivity contribution in [2.45, 2.75) is 13.3 Å². The fraction of sp³-hybridized carbons (Fsp3) is 0.300. The Bertz CT molecular complexity index is 339. The zero-order valence-corrected chi connectivity index (χ0v) is 7.88. The highest BCUT2D eigenvalue weighted by Gasteiger charge is 2.01. The lowest BCUT2D eigenvalue weighted by molar-refractivity contribution is 0.194. The van der Waals surface area contributed by atoms with E-state index in [0.717, 1.165) is 11.1 Å². The molecule has 14 heavy (non-hydrogen) atoms. The zero-order chi connectivity index (χ0) is 10.6. The van der Waals surface area contributed by atoms with E-state index in [-0.39, 0.29) is 5.82 Å². The van der Waals surface area contributed by atoms with Gasteiger partial charge < -0.3 is 10.4 Å². The van der Waals surface area contributed by atoms with Crippen molar-refractivity contribution in [1.29, 1.82) is 0 Å². The van der Waals surface area contributed by atoms with Crippen LogP contribution in [0.5, 0.6) is 0 Å². The summed E-state index contributed by atoms with van der Waals surface area (Å²) in [6.07, 6.45) is -0.547. The fourth-order valence-corrected chi connectivity index (χ4v) is 1.21. The monoisotopic (exact) mass is 197 g/mol. The van der Waals surface area contributed by atoms with Gasteiger partial charge in [0.2, 0.25) is 0 Å². The van der Waals surface area contributed by atoms with E-state index in [4.69, 9.17) is 5.11 Å². The number of nitrogens with one attached hydrogen (secondary N) is 1. The van der Waals surface area contributed by atoms with Crippen LogP contribution in [0.3, 0.4) is 0 Å². The first-order chi connectivity index (χ1) is 6.59. The highest BCUT2D eigenvalue weighted by atomic mass is 19.1. The molecule has 2 N–H and O–H groups in total. The maximum absolute atomic E-state index is 12.8. The Morgan fingerprint density at radius 3 is 2.93 bits per heavy atom. The second-order valence-corrected chi connectivity index (χ2v) is 3.05. The molecule has 0 saturated heterocycles. The molecule has 0 aliphatic carbocycles. The van der Waals surface area contributed by atoms with Crippen LogP contribution in [0, 0.1) is 12.7 Å². The average Bonchev–Trinajstić information content (AvgIpc) is 2.10. The van der Waals surface area contributed by atoms with Crippen LogP contribution in [0.4, 0.5) is 9.18 Å². The standard InChI is InChI=1S/C10H12FNO2/c1-7-2-3-9(11)6-8(7)4-5-12-10(13)14/h2-3,6,12H,4-5H2,1H3,(H,13,14). The van der Waals surface area contributed by atoms with E-state index in [1.807, 2.05) is 6.92 Å². The summed E-state index contributed by atoms with van der Waals surface area (Å²) in [7, 11) is 0. The smallest absolute Gasteiger partial charge is 0.404 e. The van der Waals surface area contributed by atoms with E-state index in [9.17, 15) is 9.18 Å². The molecule has 0 heterocycles. The Labute approximate surface area is 81.6 Å². The van der Waals surface area contributed by atoms with E-state index < -0.39 is 6.09 Å². The number of halogens is 1. The Morgan fingerprint density at radius 2 is 2.29 bits per heavy atom. The van der Waals surface area contributed by atoms with Crippen molar-refractivity contribution >= 4 is 6.09 Å². The molecule has 4 heteroatoms. The van der Waals surface area contributed by atoms with Gasteiger partial charge in [-0.25, -0.2) is 9.18 Å². The Hall–Kier alpha value is -1.58. The van der Waals surface area contributed by atoms with Gasteiger partial charge in [-0.2, -0.15) is 0 Å². The number of benzene rings is 1. The molecule has 0 fully saturated rings. The van der Waals surface area contributed by atoms with Crippen molar-refractivity contribution in [1.82, 2.24) is 5.32 Å². The lowest BCUT2D eigenvalue weighted by Gasteiger charge is -2.05. The van der Waals surface area contributed by atoms with Gasteiger partial charge in [-0.15, -0.1) is 0 Å². The van der Waals surface area contributed by atoms with Crippen molar-refractivity contribution < 1.29 is 14.3 Å². The van der Waals surface area contributed by atoms with Crippen LogP contribution >= 0.6 is 0 Å². The summed E-state index contributed by atoms with van der Waals surface area (Å²) in [5.41, 5.74) is 1.80. The summed E-state index contributed by atoms with van der Waals surface area (Å²) in [5.74, 6) is -0.291. The van der Waals surface area contributed by atoms with Crippen LogP contribution in [0.25, 0.3) is 0 Å². The number of carboxylic acid groups (broad SMARTS) is 1. The molecule has 1 aromatic carbocycles. The third kappa shape index (κ3) is 3.05. The van der Waals surface area contributed by atoms with E-state index in [0.29, 0.717) is 13.0 Å². The predicted molar refractivity (Wildman–Crippen MR) is 50.9 cm³/mol. The number of aryl methyl sites for hydroxylation is 1. The van der Waals surface area contributed by atoms with Crippen molar-refractivity contribution in [3.63, 3.8) is 0 Å². The van der Waals surface area contributed by atoms with Crippen LogP contribution in [0.15, 0.2) is 18.2 Å². The Morgan fingerprint density at radius 1 is 1.57 bits per heavy atom. The van der Waals surface area contributed by atoms with E-state index >= 15 is 0 Å². The quantitative estimate of drug-likeness (QED) is 0.778. The summed E-state index contributed by atoms with van der Waals surface area (Å²) in [4.78, 5) is 10.2. The molecule has 0 spiro atoms. The molecule has 0 radical (unpaired) electrons. The fourth-order valence-electron chi connectivity index (χ4n) is 1.21. The lowest BCUT2D eigenvalue weighted by Crippen LogP contribution is -2.23. The van der Waals surface area contributed by atoms with Crippen LogP contribution in [-0.4, -0.2) is 17.7 Å². The molecule has 0 atom stereocenters. The van der Waals surface area contributed by atoms with Gasteiger partial charge in [-0.05, 0) is 36.6 Å². The topological polar surface area (TPSA) is 49.3 Å². The number of amides is 1. The molecule has 0 aliphatic heterocycles. The molecule has 0 saturated carbocycles. The first kappa shape index (κ1) is 10.5. The highest BCUT2D eigenvalue weighted by molar-refractivity contribution is 5.64. The molecule has 0 aromatic heterocycles. The molecule has 3 nitrogen and oxygen atoms in total. The minimum Gasteiger partial charge on any atom is -0.465 e. The van der Waals surface area contributed by atoms with E-state index in [2.05, 4.69) is 5.32 Å². The molecule has 1 amide bonds. The maximum atomic E-state index is 12.8. The molecular weight excluding hydrogens is 185 g/mol. The number of carbonyl (C=O) groups is 1. The predicted octanol–water partition coefficient (Wildman–Crippen LogP) is 1.94. The summed E-state index contributed by atoms with van der Waals surface area (Å²) < 4.78 is 12.8. The normalized spacial score (nSPS) is 9.86. The lowest BCUT2D eigenvalue weighted by atomic mass is 10.1. The summed E-state index contributed by atoms with van der Waals surface area (Å²) in [6, 6.07) is 4.51. The number of hydrogen-bond donors (Lipinski definition) is 2. The molecule has 0 aliphatic rings. The maximum Gasteiger partial charge on any atom is 0.404 e. The van der Waals surface area contributed by atoms with Gasteiger partial charge in [0.25, 0.3) is 0 Å². The molecule has 1 aromatic rings. The first-order valence-electron chi connectivity index (χ1n) is 4.31. The van der Waals surface area contributed by atoms with Crippen molar-refractivity contribution in [3.8, 4) is 0 Å². The minimum absolute atomic E-state index is 0.291. The largest absolute Gasteiger partial charge is 0.465 e. The SMILES string of the molecule is Cc1ccc(F)cc1CCNC(=O)O. The van der Waals surface area contributed by atoms with Gasteiger partial charge in [0.05, 0.1) is 0 Å². The van der Waals surface area contributed by atoms with E-state index in [1.54, 1.807) is 6.07 Å². The van der Waals surface area contributed by atoms with Crippen molar-refractivity contribution in [2.24, 2.45) is 0 Å². The summed E-state index contributed by atoms with van der Waals surface area (Å²) >= 11 is 0. The number of hydrogen-bond acceptors (Lipinski definition) is 1. The molecule has 76 valence electrons. The van der Waals surface area contributed by atoms with Crippen molar-refractivity contribution in [3.05, 3.63) is 35.1 Å². The van der Waals surface area contributed by atoms with Gasteiger partial charge in [-0.3, -0.25) is 0 Å². The Balaban J connectivity index is 2.57. The number of rotatable bonds is 3. The van der Waals surface area contributed by atoms with Crippen LogP contribution < -0.4 is 5.32 Å². The zero-order valence-electron chi connectivity index (χ0n) is 7.88. The van der Waals surface area contributed by atoms with Crippen molar-refractivity contribution in [2.75, 3.05) is 6.54 Å². The van der Waals surface area contributed by atoms with Gasteiger partial charge in [0.1, 0.15) is 5.82 Å². The van der Waals surface area contributed by atoms with Crippen LogP contribution in [0.2, 0.25) is 0 Å². The molecule has 0 unspecified atom stereocenters. The summed E-state index contributed by atoms with van der Waals surface area (Å²) in [5, 5.41) is 10.6. The second-order valence-electron chi connectivity index (χ2n) is 3.05. The van der Waals surface area contributed by atoms with Gasteiger partial charge in [-0.1, -0.05) is 6.07 Å². The highest BCUT2D eigenvalue weighted by Crippen LogP contribution is 2.10. The minimum atomic E-state index is -1.06. The Kier molecular flexibility index (Phi) is 3.45. The van der Waals surface area contributed by atoms with Crippen LogP contribution in [0.1, 0.15) is 11.1 Å². The van der Waals surface area contributed by atoms with Gasteiger partial charge in [0.15, 0.2) is 0 Å². The second kappa shape index (κ2) is 4.60. The first-order valence-corrected chi connectivity index (χ1v) is 4.31. The summed E-state index contributed by atoms with van der Waals surface area (Å²) in [6.45, 7) is 2.18.